The van der Waals surface area contributed by atoms with Crippen LogP contribution in [0.5, 0.6) is 0 Å². The third-order valence-electron chi connectivity index (χ3n) is 2.04. The predicted molar refractivity (Wildman–Crippen MR) is 54.3 cm³/mol. The number of rotatable bonds is 1. The summed E-state index contributed by atoms with van der Waals surface area (Å²) in [6, 6.07) is 3.85. The van der Waals surface area contributed by atoms with E-state index in [2.05, 4.69) is 18.8 Å². The minimum atomic E-state index is 0.418. The van der Waals surface area contributed by atoms with E-state index in [1.54, 1.807) is 0 Å². The third-order valence-corrected chi connectivity index (χ3v) is 2.26. The molecular weight excluding hydrogens is 184 g/mol. The Morgan fingerprint density at radius 1 is 1.38 bits per heavy atom. The molecule has 0 saturated heterocycles. The summed E-state index contributed by atoms with van der Waals surface area (Å²) in [4.78, 5) is 4.34. The van der Waals surface area contributed by atoms with Crippen molar-refractivity contribution in [3.63, 3.8) is 0 Å². The van der Waals surface area contributed by atoms with Crippen molar-refractivity contribution in [2.45, 2.75) is 19.8 Å². The molecular formula is C10H11ClN2. The van der Waals surface area contributed by atoms with E-state index in [0.717, 1.165) is 16.4 Å². The number of halogens is 1. The molecule has 0 spiro atoms. The Hall–Kier alpha value is -1.02. The number of hydrogen-bond acceptors (Lipinski definition) is 1. The van der Waals surface area contributed by atoms with Gasteiger partial charge in [-0.05, 0) is 12.1 Å². The van der Waals surface area contributed by atoms with Crippen molar-refractivity contribution < 1.29 is 0 Å². The molecule has 2 aromatic heterocycles. The van der Waals surface area contributed by atoms with Gasteiger partial charge < -0.3 is 4.40 Å². The number of nitrogens with zero attached hydrogens (tertiary/aromatic N) is 2. The van der Waals surface area contributed by atoms with Crippen LogP contribution in [0.25, 0.3) is 5.52 Å². The quantitative estimate of drug-likeness (QED) is 0.682. The maximum absolute atomic E-state index is 5.90. The van der Waals surface area contributed by atoms with Gasteiger partial charge in [-0.15, -0.1) is 0 Å². The average molecular weight is 195 g/mol. The van der Waals surface area contributed by atoms with Crippen LogP contribution in [0.2, 0.25) is 5.02 Å². The van der Waals surface area contributed by atoms with E-state index in [9.17, 15) is 0 Å². The normalized spacial score (nSPS) is 11.4. The van der Waals surface area contributed by atoms with E-state index in [4.69, 9.17) is 11.6 Å². The topological polar surface area (TPSA) is 17.3 Å². The van der Waals surface area contributed by atoms with Crippen molar-refractivity contribution >= 4 is 17.1 Å². The highest BCUT2D eigenvalue weighted by atomic mass is 35.5. The second-order valence-corrected chi connectivity index (χ2v) is 3.85. The van der Waals surface area contributed by atoms with Crippen LogP contribution in [-0.2, 0) is 0 Å². The number of imidazole rings is 1. The molecule has 2 heterocycles. The van der Waals surface area contributed by atoms with Gasteiger partial charge in [-0.1, -0.05) is 25.4 Å². The molecule has 2 nitrogen and oxygen atoms in total. The molecule has 0 aliphatic heterocycles. The molecule has 0 aliphatic rings. The van der Waals surface area contributed by atoms with Crippen LogP contribution in [-0.4, -0.2) is 9.38 Å². The molecule has 0 radical (unpaired) electrons. The van der Waals surface area contributed by atoms with E-state index in [1.165, 1.54) is 0 Å². The van der Waals surface area contributed by atoms with Gasteiger partial charge in [0.25, 0.3) is 0 Å². The van der Waals surface area contributed by atoms with Crippen molar-refractivity contribution in [3.8, 4) is 0 Å². The number of fused-ring (bicyclic) bond motifs is 1. The van der Waals surface area contributed by atoms with E-state index >= 15 is 0 Å². The van der Waals surface area contributed by atoms with Gasteiger partial charge in [-0.3, -0.25) is 0 Å². The van der Waals surface area contributed by atoms with Crippen LogP contribution in [0.15, 0.2) is 24.5 Å². The minimum Gasteiger partial charge on any atom is -0.302 e. The third kappa shape index (κ3) is 1.42. The molecule has 13 heavy (non-hydrogen) atoms. The van der Waals surface area contributed by atoms with Crippen LogP contribution in [0, 0.1) is 0 Å². The molecule has 0 bridgehead atoms. The van der Waals surface area contributed by atoms with Crippen molar-refractivity contribution in [1.82, 2.24) is 9.38 Å². The lowest BCUT2D eigenvalue weighted by Crippen LogP contribution is -1.96. The fourth-order valence-electron chi connectivity index (χ4n) is 1.41. The lowest BCUT2D eigenvalue weighted by Gasteiger charge is -2.03. The zero-order chi connectivity index (χ0) is 9.42. The first kappa shape index (κ1) is 8.57. The molecule has 0 atom stereocenters. The Kier molecular flexibility index (Phi) is 2.00. The molecule has 0 saturated carbocycles. The zero-order valence-corrected chi connectivity index (χ0v) is 8.42. The van der Waals surface area contributed by atoms with Crippen LogP contribution in [0.4, 0.5) is 0 Å². The van der Waals surface area contributed by atoms with Crippen molar-refractivity contribution in [2.24, 2.45) is 0 Å². The van der Waals surface area contributed by atoms with E-state index in [-0.39, 0.29) is 0 Å². The SMILES string of the molecule is CC(C)c1ncc2ccc(Cl)cn12. The van der Waals surface area contributed by atoms with Crippen molar-refractivity contribution in [3.05, 3.63) is 35.4 Å². The summed E-state index contributed by atoms with van der Waals surface area (Å²) in [7, 11) is 0. The van der Waals surface area contributed by atoms with Gasteiger partial charge in [0.15, 0.2) is 0 Å². The molecule has 68 valence electrons. The Bertz CT molecular complexity index is 431. The van der Waals surface area contributed by atoms with Crippen molar-refractivity contribution in [1.29, 1.82) is 0 Å². The van der Waals surface area contributed by atoms with E-state index in [1.807, 2.05) is 28.9 Å². The summed E-state index contributed by atoms with van der Waals surface area (Å²) in [5.74, 6) is 1.47. The molecule has 3 heteroatoms. The molecule has 0 N–H and O–H groups in total. The highest BCUT2D eigenvalue weighted by Gasteiger charge is 2.06. The van der Waals surface area contributed by atoms with Gasteiger partial charge in [0.1, 0.15) is 5.82 Å². The number of hydrogen-bond donors (Lipinski definition) is 0. The monoisotopic (exact) mass is 194 g/mol. The second kappa shape index (κ2) is 3.04. The number of pyridine rings is 1. The van der Waals surface area contributed by atoms with Crippen LogP contribution >= 0.6 is 11.6 Å². The molecule has 0 amide bonds. The minimum absolute atomic E-state index is 0.418. The first-order chi connectivity index (χ1) is 6.18. The van der Waals surface area contributed by atoms with Gasteiger partial charge in [0, 0.05) is 12.1 Å². The Balaban J connectivity index is 2.71. The lowest BCUT2D eigenvalue weighted by atomic mass is 10.2. The Morgan fingerprint density at radius 2 is 2.15 bits per heavy atom. The first-order valence-corrected chi connectivity index (χ1v) is 4.69. The highest BCUT2D eigenvalue weighted by molar-refractivity contribution is 6.30. The lowest BCUT2D eigenvalue weighted by molar-refractivity contribution is 0.770. The average Bonchev–Trinajstić information content (AvgIpc) is 2.46. The Morgan fingerprint density at radius 3 is 2.85 bits per heavy atom. The summed E-state index contributed by atoms with van der Waals surface area (Å²) < 4.78 is 2.03. The van der Waals surface area contributed by atoms with Gasteiger partial charge in [-0.25, -0.2) is 4.98 Å². The summed E-state index contributed by atoms with van der Waals surface area (Å²) in [6.45, 7) is 4.24. The summed E-state index contributed by atoms with van der Waals surface area (Å²) >= 11 is 5.90. The van der Waals surface area contributed by atoms with Crippen LogP contribution < -0.4 is 0 Å². The van der Waals surface area contributed by atoms with Gasteiger partial charge in [0.2, 0.25) is 0 Å². The van der Waals surface area contributed by atoms with E-state index < -0.39 is 0 Å². The summed E-state index contributed by atoms with van der Waals surface area (Å²) in [5.41, 5.74) is 1.09. The van der Waals surface area contributed by atoms with Crippen LogP contribution in [0.1, 0.15) is 25.6 Å². The van der Waals surface area contributed by atoms with E-state index in [0.29, 0.717) is 5.92 Å². The Labute approximate surface area is 82.2 Å². The fourth-order valence-corrected chi connectivity index (χ4v) is 1.57. The van der Waals surface area contributed by atoms with Gasteiger partial charge in [-0.2, -0.15) is 0 Å². The maximum atomic E-state index is 5.90. The van der Waals surface area contributed by atoms with Gasteiger partial charge >= 0.3 is 0 Å². The maximum Gasteiger partial charge on any atom is 0.115 e. The van der Waals surface area contributed by atoms with Crippen LogP contribution in [0.3, 0.4) is 0 Å². The molecule has 2 aromatic rings. The zero-order valence-electron chi connectivity index (χ0n) is 7.66. The highest BCUT2D eigenvalue weighted by Crippen LogP contribution is 2.18. The largest absolute Gasteiger partial charge is 0.302 e. The smallest absolute Gasteiger partial charge is 0.115 e. The van der Waals surface area contributed by atoms with Gasteiger partial charge in [0.05, 0.1) is 16.7 Å². The summed E-state index contributed by atoms with van der Waals surface area (Å²) in [6.07, 6.45) is 3.77. The van der Waals surface area contributed by atoms with Crippen molar-refractivity contribution in [2.75, 3.05) is 0 Å². The summed E-state index contributed by atoms with van der Waals surface area (Å²) in [5, 5.41) is 0.743. The predicted octanol–water partition coefficient (Wildman–Crippen LogP) is 3.11. The first-order valence-electron chi connectivity index (χ1n) is 4.31. The molecule has 0 fully saturated rings. The molecule has 0 aromatic carbocycles. The fraction of sp³-hybridized carbons (Fsp3) is 0.300. The standard InChI is InChI=1S/C10H11ClN2/c1-7(2)10-12-5-9-4-3-8(11)6-13(9)10/h3-7H,1-2H3. The second-order valence-electron chi connectivity index (χ2n) is 3.41. The molecule has 0 aliphatic carbocycles. The molecule has 0 unspecified atom stereocenters. The molecule has 2 rings (SSSR count). The number of aromatic nitrogens is 2.